The average Bonchev–Trinajstić information content (AvgIpc) is 2.76. The molecule has 0 aromatic heterocycles. The lowest BCUT2D eigenvalue weighted by molar-refractivity contribution is -0.121. The highest BCUT2D eigenvalue weighted by Crippen LogP contribution is 2.17. The Hall–Kier alpha value is -3.68. The van der Waals surface area contributed by atoms with E-state index in [2.05, 4.69) is 21.1 Å². The zero-order valence-electron chi connectivity index (χ0n) is 17.8. The number of aromatic hydroxyl groups is 2. The van der Waals surface area contributed by atoms with E-state index in [4.69, 9.17) is 0 Å². The van der Waals surface area contributed by atoms with Gasteiger partial charge in [0.05, 0.1) is 11.4 Å². The number of benzene rings is 2. The summed E-state index contributed by atoms with van der Waals surface area (Å²) in [6.07, 6.45) is 2.56. The van der Waals surface area contributed by atoms with Crippen LogP contribution in [0.2, 0.25) is 0 Å². The molecule has 2 amide bonds. The number of hydrogen-bond acceptors (Lipinski definition) is 6. The zero-order chi connectivity index (χ0) is 22.6. The predicted octanol–water partition coefficient (Wildman–Crippen LogP) is 3.43. The molecule has 0 fully saturated rings. The number of phenolic OH excluding ortho intramolecular Hbond substituents is 2. The maximum Gasteiger partial charge on any atom is 0.240 e. The molecular formula is C23H28N4O4. The summed E-state index contributed by atoms with van der Waals surface area (Å²) in [6, 6.07) is 13.6. The number of nitrogens with one attached hydrogen (secondary N) is 2. The van der Waals surface area contributed by atoms with Crippen molar-refractivity contribution in [2.45, 2.75) is 46.0 Å². The SMILES string of the molecule is C/C(=N\NC(=O)CCCCCC(=O)N/N=C(\C)c1ccccc1O)c1ccccc1O. The van der Waals surface area contributed by atoms with Gasteiger partial charge in [-0.3, -0.25) is 9.59 Å². The van der Waals surface area contributed by atoms with E-state index >= 15 is 0 Å². The molecule has 0 saturated heterocycles. The fourth-order valence-corrected chi connectivity index (χ4v) is 2.83. The Bertz CT molecular complexity index is 892. The van der Waals surface area contributed by atoms with Gasteiger partial charge in [0, 0.05) is 24.0 Å². The summed E-state index contributed by atoms with van der Waals surface area (Å²) in [7, 11) is 0. The van der Waals surface area contributed by atoms with Crippen LogP contribution >= 0.6 is 0 Å². The molecule has 8 nitrogen and oxygen atoms in total. The van der Waals surface area contributed by atoms with Crippen LogP contribution < -0.4 is 10.9 Å². The molecule has 31 heavy (non-hydrogen) atoms. The topological polar surface area (TPSA) is 123 Å². The molecule has 0 aliphatic carbocycles. The molecule has 0 aliphatic rings. The van der Waals surface area contributed by atoms with Crippen molar-refractivity contribution in [1.29, 1.82) is 0 Å². The third kappa shape index (κ3) is 7.93. The molecule has 0 radical (unpaired) electrons. The van der Waals surface area contributed by atoms with Crippen LogP contribution in [0.5, 0.6) is 11.5 Å². The van der Waals surface area contributed by atoms with Crippen molar-refractivity contribution < 1.29 is 19.8 Å². The lowest BCUT2D eigenvalue weighted by Crippen LogP contribution is -2.19. The average molecular weight is 425 g/mol. The van der Waals surface area contributed by atoms with Gasteiger partial charge < -0.3 is 10.2 Å². The molecule has 0 spiro atoms. The maximum atomic E-state index is 11.9. The maximum absolute atomic E-state index is 11.9. The molecule has 2 aromatic rings. The van der Waals surface area contributed by atoms with Gasteiger partial charge in [-0.1, -0.05) is 30.7 Å². The van der Waals surface area contributed by atoms with E-state index in [1.54, 1.807) is 62.4 Å². The monoisotopic (exact) mass is 424 g/mol. The highest BCUT2D eigenvalue weighted by Gasteiger charge is 2.07. The Kier molecular flexibility index (Phi) is 9.22. The number of nitrogens with zero attached hydrogens (tertiary/aromatic N) is 2. The van der Waals surface area contributed by atoms with Crippen LogP contribution in [-0.2, 0) is 9.59 Å². The summed E-state index contributed by atoms with van der Waals surface area (Å²) in [5, 5.41) is 27.6. The van der Waals surface area contributed by atoms with Crippen molar-refractivity contribution in [1.82, 2.24) is 10.9 Å². The smallest absolute Gasteiger partial charge is 0.240 e. The second-order valence-corrected chi connectivity index (χ2v) is 7.06. The van der Waals surface area contributed by atoms with E-state index in [0.29, 0.717) is 54.7 Å². The molecule has 0 saturated carbocycles. The fourth-order valence-electron chi connectivity index (χ4n) is 2.83. The first kappa shape index (κ1) is 23.6. The quantitative estimate of drug-likeness (QED) is 0.265. The van der Waals surface area contributed by atoms with Gasteiger partial charge in [0.1, 0.15) is 11.5 Å². The first-order chi connectivity index (χ1) is 14.9. The van der Waals surface area contributed by atoms with E-state index in [9.17, 15) is 19.8 Å². The minimum absolute atomic E-state index is 0.108. The van der Waals surface area contributed by atoms with Gasteiger partial charge in [-0.25, -0.2) is 10.9 Å². The number of phenols is 2. The number of hydrazone groups is 2. The zero-order valence-corrected chi connectivity index (χ0v) is 17.8. The fraction of sp³-hybridized carbons (Fsp3) is 0.304. The highest BCUT2D eigenvalue weighted by molar-refractivity contribution is 6.02. The molecule has 4 N–H and O–H groups in total. The Morgan fingerprint density at radius 1 is 0.710 bits per heavy atom. The van der Waals surface area contributed by atoms with Crippen LogP contribution in [0.1, 0.15) is 57.1 Å². The Labute approximate surface area is 181 Å². The van der Waals surface area contributed by atoms with Gasteiger partial charge in [0.2, 0.25) is 11.8 Å². The van der Waals surface area contributed by atoms with Crippen molar-refractivity contribution >= 4 is 23.2 Å². The summed E-state index contributed by atoms with van der Waals surface area (Å²) in [5.74, 6) is -0.225. The summed E-state index contributed by atoms with van der Waals surface area (Å²) in [5.41, 5.74) is 7.12. The van der Waals surface area contributed by atoms with Gasteiger partial charge in [-0.2, -0.15) is 10.2 Å². The van der Waals surface area contributed by atoms with Crippen molar-refractivity contribution in [3.63, 3.8) is 0 Å². The molecule has 0 bridgehead atoms. The molecule has 2 aromatic carbocycles. The summed E-state index contributed by atoms with van der Waals surface area (Å²) in [6.45, 7) is 3.41. The summed E-state index contributed by atoms with van der Waals surface area (Å²) < 4.78 is 0. The van der Waals surface area contributed by atoms with E-state index in [0.717, 1.165) is 0 Å². The normalized spacial score (nSPS) is 11.8. The van der Waals surface area contributed by atoms with Crippen LogP contribution in [0.25, 0.3) is 0 Å². The third-order valence-electron chi connectivity index (χ3n) is 4.59. The molecule has 0 atom stereocenters. The minimum atomic E-state index is -0.220. The van der Waals surface area contributed by atoms with E-state index < -0.39 is 0 Å². The standard InChI is InChI=1S/C23H28N4O4/c1-16(18-10-6-8-12-20(18)28)24-26-22(30)14-4-3-5-15-23(31)27-25-17(2)19-11-7-9-13-21(19)29/h6-13,28-29H,3-5,14-15H2,1-2H3,(H,26,30)(H,27,31)/b24-16+,25-17+. The number of carbonyl (C=O) groups is 2. The number of unbranched alkanes of at least 4 members (excludes halogenated alkanes) is 2. The summed E-state index contributed by atoms with van der Waals surface area (Å²) in [4.78, 5) is 23.8. The van der Waals surface area contributed by atoms with Crippen molar-refractivity contribution in [3.8, 4) is 11.5 Å². The third-order valence-corrected chi connectivity index (χ3v) is 4.59. The van der Waals surface area contributed by atoms with Crippen molar-refractivity contribution in [3.05, 3.63) is 59.7 Å². The lowest BCUT2D eigenvalue weighted by atomic mass is 10.1. The molecule has 164 valence electrons. The highest BCUT2D eigenvalue weighted by atomic mass is 16.3. The van der Waals surface area contributed by atoms with E-state index in [1.807, 2.05) is 0 Å². The largest absolute Gasteiger partial charge is 0.507 e. The van der Waals surface area contributed by atoms with Crippen LogP contribution in [0.4, 0.5) is 0 Å². The molecular weight excluding hydrogens is 396 g/mol. The van der Waals surface area contributed by atoms with Crippen LogP contribution in [-0.4, -0.2) is 33.5 Å². The Balaban J connectivity index is 1.64. The van der Waals surface area contributed by atoms with E-state index in [-0.39, 0.29) is 23.3 Å². The number of carbonyl (C=O) groups excluding carboxylic acids is 2. The van der Waals surface area contributed by atoms with Crippen LogP contribution in [0.15, 0.2) is 58.7 Å². The number of rotatable bonds is 10. The number of hydrogen-bond donors (Lipinski definition) is 4. The first-order valence-corrected chi connectivity index (χ1v) is 10.1. The Morgan fingerprint density at radius 3 is 1.48 bits per heavy atom. The molecule has 0 unspecified atom stereocenters. The van der Waals surface area contributed by atoms with Crippen LogP contribution in [0.3, 0.4) is 0 Å². The molecule has 0 aliphatic heterocycles. The second kappa shape index (κ2) is 12.1. The van der Waals surface area contributed by atoms with E-state index in [1.165, 1.54) is 0 Å². The van der Waals surface area contributed by atoms with Crippen LogP contribution in [0, 0.1) is 0 Å². The predicted molar refractivity (Wildman–Crippen MR) is 120 cm³/mol. The molecule has 2 rings (SSSR count). The van der Waals surface area contributed by atoms with Gasteiger partial charge >= 0.3 is 0 Å². The summed E-state index contributed by atoms with van der Waals surface area (Å²) >= 11 is 0. The van der Waals surface area contributed by atoms with Gasteiger partial charge in [-0.15, -0.1) is 0 Å². The second-order valence-electron chi connectivity index (χ2n) is 7.06. The number of amides is 2. The van der Waals surface area contributed by atoms with Gasteiger partial charge in [0.25, 0.3) is 0 Å². The van der Waals surface area contributed by atoms with Crippen molar-refractivity contribution in [2.75, 3.05) is 0 Å². The van der Waals surface area contributed by atoms with Gasteiger partial charge in [0.15, 0.2) is 0 Å². The first-order valence-electron chi connectivity index (χ1n) is 10.1. The van der Waals surface area contributed by atoms with Crippen molar-refractivity contribution in [2.24, 2.45) is 10.2 Å². The van der Waals surface area contributed by atoms with Gasteiger partial charge in [-0.05, 0) is 51.0 Å². The lowest BCUT2D eigenvalue weighted by Gasteiger charge is -2.05. The minimum Gasteiger partial charge on any atom is -0.507 e. The number of para-hydroxylation sites is 2. The molecule has 0 heterocycles. The molecule has 8 heteroatoms. The Morgan fingerprint density at radius 2 is 1.10 bits per heavy atom.